The van der Waals surface area contributed by atoms with Gasteiger partial charge in [-0.3, -0.25) is 14.7 Å². The Morgan fingerprint density at radius 2 is 0.810 bits per heavy atom. The maximum Gasteiger partial charge on any atom is 0.149 e. The summed E-state index contributed by atoms with van der Waals surface area (Å²) in [6.07, 6.45) is 0. The second kappa shape index (κ2) is 10.4. The largest absolute Gasteiger partial charge is 0.322 e. The number of nitrogens with zero attached hydrogens (tertiary/aromatic N) is 3. The summed E-state index contributed by atoms with van der Waals surface area (Å²) in [7, 11) is 0. The van der Waals surface area contributed by atoms with Gasteiger partial charge in [0.25, 0.3) is 0 Å². The minimum Gasteiger partial charge on any atom is -0.322 e. The van der Waals surface area contributed by atoms with Crippen LogP contribution in [0.4, 0.5) is 0 Å². The summed E-state index contributed by atoms with van der Waals surface area (Å²) in [5.41, 5.74) is 6.41. The molecule has 2 N–H and O–H groups in total. The fourth-order valence-electron chi connectivity index (χ4n) is 3.82. The first-order chi connectivity index (χ1) is 9.31. The van der Waals surface area contributed by atoms with E-state index in [4.69, 9.17) is 5.73 Å². The number of rotatable bonds is 10. The van der Waals surface area contributed by atoms with Crippen molar-refractivity contribution in [2.75, 3.05) is 39.3 Å². The maximum absolute atomic E-state index is 6.75. The van der Waals surface area contributed by atoms with Crippen LogP contribution in [0.2, 0.25) is 0 Å². The van der Waals surface area contributed by atoms with Crippen molar-refractivity contribution in [2.45, 2.75) is 66.7 Å². The Bertz CT molecular complexity index is 222. The first kappa shape index (κ1) is 23.8. The summed E-state index contributed by atoms with van der Waals surface area (Å²) < 4.78 is 0. The van der Waals surface area contributed by atoms with Gasteiger partial charge in [-0.2, -0.15) is 0 Å². The van der Waals surface area contributed by atoms with Crippen molar-refractivity contribution in [2.24, 2.45) is 5.73 Å². The van der Waals surface area contributed by atoms with Crippen LogP contribution < -0.4 is 5.73 Å². The predicted molar refractivity (Wildman–Crippen MR) is 89.8 cm³/mol. The molecule has 0 amide bonds. The molecule has 0 aromatic rings. The molecule has 0 saturated carbocycles. The second-order valence-electron chi connectivity index (χ2n) is 5.87. The molecule has 1 radical (unpaired) electrons. The van der Waals surface area contributed by atoms with Gasteiger partial charge in [-0.15, -0.1) is 0 Å². The van der Waals surface area contributed by atoms with Crippen molar-refractivity contribution in [3.05, 3.63) is 0 Å². The van der Waals surface area contributed by atoms with E-state index in [2.05, 4.69) is 70.1 Å². The number of hydrogen-bond donors (Lipinski definition) is 1. The molecule has 0 aliphatic carbocycles. The van der Waals surface area contributed by atoms with E-state index in [0.29, 0.717) is 0 Å². The van der Waals surface area contributed by atoms with Gasteiger partial charge < -0.3 is 5.73 Å². The van der Waals surface area contributed by atoms with Crippen LogP contribution in [0.1, 0.15) is 55.4 Å². The molecule has 21 heavy (non-hydrogen) atoms. The van der Waals surface area contributed by atoms with E-state index in [-0.39, 0.29) is 33.7 Å². The molecule has 0 spiro atoms. The van der Waals surface area contributed by atoms with Crippen molar-refractivity contribution >= 4 is 0 Å². The minimum absolute atomic E-state index is 0. The molecule has 0 aliphatic heterocycles. The van der Waals surface area contributed by atoms with Crippen molar-refractivity contribution < 1.29 is 22.4 Å². The fraction of sp³-hybridized carbons (Fsp3) is 1.00. The third-order valence-corrected chi connectivity index (χ3v) is 4.48. The van der Waals surface area contributed by atoms with Crippen molar-refractivity contribution in [1.82, 2.24) is 14.7 Å². The summed E-state index contributed by atoms with van der Waals surface area (Å²) in [4.78, 5) is 7.56. The summed E-state index contributed by atoms with van der Waals surface area (Å²) >= 11 is 0. The Morgan fingerprint density at radius 1 is 0.619 bits per heavy atom. The van der Waals surface area contributed by atoms with Gasteiger partial charge in [0.05, 0.1) is 5.54 Å². The molecule has 0 aromatic heterocycles. The van der Waals surface area contributed by atoms with Crippen LogP contribution in [-0.2, 0) is 22.4 Å². The molecule has 0 aliphatic rings. The van der Waals surface area contributed by atoms with Crippen LogP contribution in [0.5, 0.6) is 0 Å². The fourth-order valence-corrected chi connectivity index (χ4v) is 3.82. The quantitative estimate of drug-likeness (QED) is 0.501. The molecule has 0 heterocycles. The van der Waals surface area contributed by atoms with E-state index in [1.165, 1.54) is 0 Å². The van der Waals surface area contributed by atoms with Crippen molar-refractivity contribution in [1.29, 1.82) is 0 Å². The molecule has 0 unspecified atom stereocenters. The Labute approximate surface area is 148 Å². The Morgan fingerprint density at radius 3 is 0.905 bits per heavy atom. The summed E-state index contributed by atoms with van der Waals surface area (Å²) in [5.74, 6) is -0.233. The normalized spacial score (nSPS) is 13.1. The summed E-state index contributed by atoms with van der Waals surface area (Å²) in [6, 6.07) is 0. The van der Waals surface area contributed by atoms with Gasteiger partial charge in [0, 0.05) is 22.4 Å². The van der Waals surface area contributed by atoms with Gasteiger partial charge in [0.15, 0.2) is 0 Å². The van der Waals surface area contributed by atoms with Gasteiger partial charge in [-0.1, -0.05) is 41.5 Å². The third kappa shape index (κ3) is 4.54. The van der Waals surface area contributed by atoms with E-state index in [1.54, 1.807) is 0 Å². The third-order valence-electron chi connectivity index (χ3n) is 4.48. The Balaban J connectivity index is 0. The molecule has 0 atom stereocenters. The summed E-state index contributed by atoms with van der Waals surface area (Å²) in [5, 5.41) is 0. The second-order valence-corrected chi connectivity index (χ2v) is 5.87. The minimum atomic E-state index is -0.336. The van der Waals surface area contributed by atoms with Gasteiger partial charge in [-0.05, 0) is 53.1 Å². The van der Waals surface area contributed by atoms with E-state index in [1.807, 2.05) is 0 Å². The molecule has 0 bridgehead atoms. The van der Waals surface area contributed by atoms with Crippen molar-refractivity contribution in [3.63, 3.8) is 0 Å². The van der Waals surface area contributed by atoms with Crippen LogP contribution in [0.25, 0.3) is 0 Å². The average molecular weight is 467 g/mol. The SMILES string of the molecule is CCN(CC)C(N(CC)CC)(N(CC)CC)C(C)(C)N.[Ta]. The zero-order chi connectivity index (χ0) is 16.0. The molecule has 5 heteroatoms. The molecule has 0 aromatic carbocycles. The molecular formula is C16H38N4Ta. The van der Waals surface area contributed by atoms with E-state index in [0.717, 1.165) is 39.3 Å². The van der Waals surface area contributed by atoms with E-state index < -0.39 is 0 Å². The monoisotopic (exact) mass is 467 g/mol. The molecule has 0 saturated heterocycles. The van der Waals surface area contributed by atoms with Gasteiger partial charge in [0.2, 0.25) is 0 Å². The predicted octanol–water partition coefficient (Wildman–Crippen LogP) is 2.40. The van der Waals surface area contributed by atoms with Crippen LogP contribution >= 0.6 is 0 Å². The standard InChI is InChI=1S/C16H38N4.Ta/c1-9-18(10-2)16(15(7,8)17,19(11-3)12-4)20(13-5)14-6;/h9-14,17H2,1-8H3;. The number of hydrogen-bond acceptors (Lipinski definition) is 4. The topological polar surface area (TPSA) is 35.7 Å². The Kier molecular flexibility index (Phi) is 11.8. The zero-order valence-electron chi connectivity index (χ0n) is 15.6. The molecule has 4 nitrogen and oxygen atoms in total. The van der Waals surface area contributed by atoms with Crippen LogP contribution in [0, 0.1) is 0 Å². The molecular weight excluding hydrogens is 429 g/mol. The summed E-state index contributed by atoms with van der Waals surface area (Å²) in [6.45, 7) is 23.8. The number of nitrogens with two attached hydrogens (primary N) is 1. The Hall–Kier alpha value is 0.580. The van der Waals surface area contributed by atoms with Crippen molar-refractivity contribution in [3.8, 4) is 0 Å². The van der Waals surface area contributed by atoms with Crippen LogP contribution in [-0.4, -0.2) is 65.3 Å². The zero-order valence-corrected chi connectivity index (χ0v) is 18.8. The molecule has 0 rings (SSSR count). The first-order valence-electron chi connectivity index (χ1n) is 8.35. The van der Waals surface area contributed by atoms with Gasteiger partial charge >= 0.3 is 0 Å². The average Bonchev–Trinajstić information content (AvgIpc) is 2.40. The van der Waals surface area contributed by atoms with E-state index in [9.17, 15) is 0 Å². The van der Waals surface area contributed by atoms with Gasteiger partial charge in [-0.25, -0.2) is 0 Å². The number of likely N-dealkylation sites (N-methyl/N-ethyl adjacent to an activating group) is 3. The maximum atomic E-state index is 6.75. The van der Waals surface area contributed by atoms with E-state index >= 15 is 0 Å². The van der Waals surface area contributed by atoms with Gasteiger partial charge in [0.1, 0.15) is 5.79 Å². The molecule has 127 valence electrons. The van der Waals surface area contributed by atoms with Crippen LogP contribution in [0.15, 0.2) is 0 Å². The van der Waals surface area contributed by atoms with Crippen LogP contribution in [0.3, 0.4) is 0 Å². The molecule has 0 fully saturated rings. The smallest absolute Gasteiger partial charge is 0.149 e. The first-order valence-corrected chi connectivity index (χ1v) is 8.35.